The van der Waals surface area contributed by atoms with Crippen molar-refractivity contribution in [1.82, 2.24) is 20.8 Å². The highest BCUT2D eigenvalue weighted by atomic mass is 16.1. The summed E-state index contributed by atoms with van der Waals surface area (Å²) in [6, 6.07) is 0. The van der Waals surface area contributed by atoms with E-state index in [9.17, 15) is 4.79 Å². The lowest BCUT2D eigenvalue weighted by atomic mass is 10.1. The summed E-state index contributed by atoms with van der Waals surface area (Å²) in [6.07, 6.45) is 3.08. The summed E-state index contributed by atoms with van der Waals surface area (Å²) in [5.41, 5.74) is 2.69. The van der Waals surface area contributed by atoms with Crippen molar-refractivity contribution < 1.29 is 4.79 Å². The van der Waals surface area contributed by atoms with Crippen LogP contribution in [-0.2, 0) is 13.0 Å². The predicted octanol–water partition coefficient (Wildman–Crippen LogP) is 1.22. The Kier molecular flexibility index (Phi) is 4.36. The first-order chi connectivity index (χ1) is 8.68. The van der Waals surface area contributed by atoms with Gasteiger partial charge in [-0.2, -0.15) is 5.10 Å². The molecule has 5 nitrogen and oxygen atoms in total. The van der Waals surface area contributed by atoms with E-state index >= 15 is 0 Å². The molecule has 0 unspecified atom stereocenters. The van der Waals surface area contributed by atoms with Gasteiger partial charge in [-0.05, 0) is 18.8 Å². The minimum atomic E-state index is -0.0556. The Morgan fingerprint density at radius 1 is 1.50 bits per heavy atom. The van der Waals surface area contributed by atoms with Crippen LogP contribution in [0.25, 0.3) is 0 Å². The molecule has 1 amide bonds. The second-order valence-corrected chi connectivity index (χ2v) is 5.25. The topological polar surface area (TPSA) is 69.8 Å². The van der Waals surface area contributed by atoms with Gasteiger partial charge < -0.3 is 10.6 Å². The molecule has 2 heterocycles. The first-order valence-corrected chi connectivity index (χ1v) is 6.73. The van der Waals surface area contributed by atoms with E-state index < -0.39 is 0 Å². The molecular formula is C13H22N4O. The number of fused-ring (bicyclic) bond motifs is 1. The average molecular weight is 250 g/mol. The van der Waals surface area contributed by atoms with Gasteiger partial charge in [0.1, 0.15) is 0 Å². The van der Waals surface area contributed by atoms with Crippen LogP contribution in [0.5, 0.6) is 0 Å². The molecule has 0 radical (unpaired) electrons. The summed E-state index contributed by atoms with van der Waals surface area (Å²) in [5, 5.41) is 13.3. The number of carbonyl (C=O) groups is 1. The zero-order chi connectivity index (χ0) is 13.0. The predicted molar refractivity (Wildman–Crippen MR) is 70.4 cm³/mol. The van der Waals surface area contributed by atoms with Gasteiger partial charge in [-0.15, -0.1) is 0 Å². The Labute approximate surface area is 108 Å². The molecule has 100 valence electrons. The Hall–Kier alpha value is -1.36. The van der Waals surface area contributed by atoms with Crippen molar-refractivity contribution in [2.45, 2.75) is 39.7 Å². The molecule has 1 aliphatic heterocycles. The molecule has 0 saturated heterocycles. The molecule has 2 rings (SSSR count). The molecule has 1 aliphatic rings. The fourth-order valence-electron chi connectivity index (χ4n) is 2.21. The monoisotopic (exact) mass is 250 g/mol. The van der Waals surface area contributed by atoms with Gasteiger partial charge in [0.05, 0.1) is 0 Å². The standard InChI is InChI=1S/C13H22N4O/c1-9(2)4-3-6-15-13(18)12-10-8-14-7-5-11(10)16-17-12/h9,14H,3-8H2,1-2H3,(H,15,18)(H,16,17). The molecule has 0 spiro atoms. The van der Waals surface area contributed by atoms with E-state index in [1.165, 1.54) is 0 Å². The third kappa shape index (κ3) is 3.10. The van der Waals surface area contributed by atoms with Crippen LogP contribution in [0.15, 0.2) is 0 Å². The Bertz CT molecular complexity index is 411. The Morgan fingerprint density at radius 3 is 3.11 bits per heavy atom. The smallest absolute Gasteiger partial charge is 0.272 e. The van der Waals surface area contributed by atoms with Gasteiger partial charge in [0.15, 0.2) is 5.69 Å². The lowest BCUT2D eigenvalue weighted by Gasteiger charge is -2.13. The van der Waals surface area contributed by atoms with Gasteiger partial charge in [-0.3, -0.25) is 9.89 Å². The van der Waals surface area contributed by atoms with Gasteiger partial charge in [-0.25, -0.2) is 0 Å². The molecule has 0 saturated carbocycles. The number of nitrogens with one attached hydrogen (secondary N) is 3. The molecule has 5 heteroatoms. The summed E-state index contributed by atoms with van der Waals surface area (Å²) in [4.78, 5) is 12.0. The minimum Gasteiger partial charge on any atom is -0.351 e. The number of nitrogens with zero attached hydrogens (tertiary/aromatic N) is 1. The van der Waals surface area contributed by atoms with Crippen molar-refractivity contribution in [1.29, 1.82) is 0 Å². The maximum Gasteiger partial charge on any atom is 0.272 e. The zero-order valence-corrected chi connectivity index (χ0v) is 11.2. The van der Waals surface area contributed by atoms with E-state index in [1.54, 1.807) is 0 Å². The third-order valence-electron chi connectivity index (χ3n) is 3.27. The van der Waals surface area contributed by atoms with Crippen LogP contribution in [0.1, 0.15) is 48.4 Å². The van der Waals surface area contributed by atoms with Gasteiger partial charge >= 0.3 is 0 Å². The number of amides is 1. The molecule has 1 aromatic heterocycles. The van der Waals surface area contributed by atoms with Crippen molar-refractivity contribution in [3.05, 3.63) is 17.0 Å². The van der Waals surface area contributed by atoms with Gasteiger partial charge in [0.2, 0.25) is 0 Å². The molecule has 0 aromatic carbocycles. The number of hydrogen-bond donors (Lipinski definition) is 3. The van der Waals surface area contributed by atoms with Crippen molar-refractivity contribution in [3.8, 4) is 0 Å². The first-order valence-electron chi connectivity index (χ1n) is 6.73. The van der Waals surface area contributed by atoms with Gasteiger partial charge in [0, 0.05) is 37.3 Å². The van der Waals surface area contributed by atoms with Crippen molar-refractivity contribution in [2.24, 2.45) is 5.92 Å². The highest BCUT2D eigenvalue weighted by molar-refractivity contribution is 5.94. The SMILES string of the molecule is CC(C)CCCNC(=O)c1n[nH]c2c1CNCC2. The molecular weight excluding hydrogens is 228 g/mol. The second-order valence-electron chi connectivity index (χ2n) is 5.25. The fraction of sp³-hybridized carbons (Fsp3) is 0.692. The maximum atomic E-state index is 12.0. The molecule has 0 bridgehead atoms. The van der Waals surface area contributed by atoms with Crippen LogP contribution in [0.2, 0.25) is 0 Å². The van der Waals surface area contributed by atoms with Crippen LogP contribution in [-0.4, -0.2) is 29.2 Å². The van der Waals surface area contributed by atoms with Crippen molar-refractivity contribution >= 4 is 5.91 Å². The van der Waals surface area contributed by atoms with E-state index in [1.807, 2.05) is 0 Å². The Balaban J connectivity index is 1.87. The van der Waals surface area contributed by atoms with Gasteiger partial charge in [-0.1, -0.05) is 13.8 Å². The highest BCUT2D eigenvalue weighted by Crippen LogP contribution is 2.15. The third-order valence-corrected chi connectivity index (χ3v) is 3.27. The molecule has 3 N–H and O–H groups in total. The highest BCUT2D eigenvalue weighted by Gasteiger charge is 2.20. The van der Waals surface area contributed by atoms with E-state index in [0.29, 0.717) is 11.6 Å². The van der Waals surface area contributed by atoms with Gasteiger partial charge in [0.25, 0.3) is 5.91 Å². The number of rotatable bonds is 5. The van der Waals surface area contributed by atoms with E-state index in [0.717, 1.165) is 50.2 Å². The van der Waals surface area contributed by atoms with Crippen LogP contribution in [0.3, 0.4) is 0 Å². The summed E-state index contributed by atoms with van der Waals surface area (Å²) < 4.78 is 0. The van der Waals surface area contributed by atoms with Crippen LogP contribution < -0.4 is 10.6 Å². The second kappa shape index (κ2) is 6.00. The molecule has 0 fully saturated rings. The molecule has 1 aromatic rings. The van der Waals surface area contributed by atoms with Crippen molar-refractivity contribution in [2.75, 3.05) is 13.1 Å². The number of aromatic amines is 1. The lowest BCUT2D eigenvalue weighted by molar-refractivity contribution is 0.0946. The number of hydrogen-bond acceptors (Lipinski definition) is 3. The average Bonchev–Trinajstić information content (AvgIpc) is 2.78. The number of carbonyl (C=O) groups excluding carboxylic acids is 1. The van der Waals surface area contributed by atoms with Crippen molar-refractivity contribution in [3.63, 3.8) is 0 Å². The van der Waals surface area contributed by atoms with E-state index in [4.69, 9.17) is 0 Å². The summed E-state index contributed by atoms with van der Waals surface area (Å²) >= 11 is 0. The fourth-order valence-corrected chi connectivity index (χ4v) is 2.21. The quantitative estimate of drug-likeness (QED) is 0.688. The number of H-pyrrole nitrogens is 1. The summed E-state index contributed by atoms with van der Waals surface area (Å²) in [6.45, 7) is 6.80. The van der Waals surface area contributed by atoms with Crippen LogP contribution in [0.4, 0.5) is 0 Å². The first kappa shape index (κ1) is 13.1. The maximum absolute atomic E-state index is 12.0. The lowest BCUT2D eigenvalue weighted by Crippen LogP contribution is -2.29. The molecule has 0 atom stereocenters. The van der Waals surface area contributed by atoms with Crippen LogP contribution >= 0.6 is 0 Å². The van der Waals surface area contributed by atoms with E-state index in [-0.39, 0.29) is 5.91 Å². The van der Waals surface area contributed by atoms with E-state index in [2.05, 4.69) is 34.7 Å². The minimum absolute atomic E-state index is 0.0556. The molecule has 0 aliphatic carbocycles. The Morgan fingerprint density at radius 2 is 2.33 bits per heavy atom. The summed E-state index contributed by atoms with van der Waals surface area (Å²) in [5.74, 6) is 0.629. The summed E-state index contributed by atoms with van der Waals surface area (Å²) in [7, 11) is 0. The van der Waals surface area contributed by atoms with Crippen LogP contribution in [0, 0.1) is 5.92 Å². The zero-order valence-electron chi connectivity index (χ0n) is 11.2. The molecule has 18 heavy (non-hydrogen) atoms. The largest absolute Gasteiger partial charge is 0.351 e. The number of aromatic nitrogens is 2. The normalized spacial score (nSPS) is 14.6.